The number of thiophene rings is 1. The molecule has 0 spiro atoms. The molecule has 3 rings (SSSR count). The van der Waals surface area contributed by atoms with Crippen LogP contribution in [0.25, 0.3) is 0 Å². The van der Waals surface area contributed by atoms with Crippen molar-refractivity contribution in [1.29, 1.82) is 0 Å². The van der Waals surface area contributed by atoms with E-state index < -0.39 is 0 Å². The number of carbonyl (C=O) groups is 1. The molecule has 23 heavy (non-hydrogen) atoms. The first-order valence-corrected chi connectivity index (χ1v) is 8.86. The van der Waals surface area contributed by atoms with Crippen molar-refractivity contribution in [3.05, 3.63) is 51.2 Å². The second kappa shape index (κ2) is 7.34. The van der Waals surface area contributed by atoms with Crippen molar-refractivity contribution in [2.24, 2.45) is 0 Å². The molecule has 2 heterocycles. The number of rotatable bonds is 4. The highest BCUT2D eigenvalue weighted by Crippen LogP contribution is 2.22. The Balaban J connectivity index is 1.52. The monoisotopic (exact) mass is 351 g/mol. The van der Waals surface area contributed by atoms with Gasteiger partial charge in [-0.2, -0.15) is 0 Å². The Kier molecular flexibility index (Phi) is 5.20. The van der Waals surface area contributed by atoms with E-state index in [0.717, 1.165) is 43.4 Å². The normalized spacial score (nSPS) is 15.7. The summed E-state index contributed by atoms with van der Waals surface area (Å²) in [5, 5.41) is 0. The van der Waals surface area contributed by atoms with E-state index in [1.807, 2.05) is 23.1 Å². The van der Waals surface area contributed by atoms with Crippen LogP contribution in [0.5, 0.6) is 5.75 Å². The molecule has 1 fully saturated rings. The number of halogens is 1. The van der Waals surface area contributed by atoms with E-state index in [1.165, 1.54) is 21.8 Å². The van der Waals surface area contributed by atoms with E-state index in [2.05, 4.69) is 12.1 Å². The van der Waals surface area contributed by atoms with Crippen molar-refractivity contribution in [2.45, 2.75) is 6.54 Å². The second-order valence-electron chi connectivity index (χ2n) is 5.67. The van der Waals surface area contributed by atoms with E-state index >= 15 is 0 Å². The summed E-state index contributed by atoms with van der Waals surface area (Å²) in [5.74, 6) is 0.985. The molecule has 1 N–H and O–H groups in total. The Hall–Kier alpha value is -1.56. The summed E-state index contributed by atoms with van der Waals surface area (Å²) in [6, 6.07) is 11.8. The Labute approximate surface area is 145 Å². The van der Waals surface area contributed by atoms with Crippen LogP contribution in [-0.2, 0) is 6.54 Å². The van der Waals surface area contributed by atoms with Crippen molar-refractivity contribution in [3.8, 4) is 5.75 Å². The first-order valence-electron chi connectivity index (χ1n) is 7.67. The van der Waals surface area contributed by atoms with E-state index in [4.69, 9.17) is 16.3 Å². The molecule has 0 unspecified atom stereocenters. The average Bonchev–Trinajstić information content (AvgIpc) is 3.02. The third-order valence-corrected chi connectivity index (χ3v) is 5.37. The number of carbonyl (C=O) groups excluding carboxylic acids is 1. The standard InChI is InChI=1S/C17H19ClN2O2S/c1-22-14-4-2-13(3-5-14)12-19-8-10-20(11-9-19)17(21)15-6-7-16(18)23-15/h2-7H,8-12H2,1H3/p+1. The summed E-state index contributed by atoms with van der Waals surface area (Å²) in [5.41, 5.74) is 1.30. The number of methoxy groups -OCH3 is 1. The maximum absolute atomic E-state index is 12.4. The molecule has 4 nitrogen and oxygen atoms in total. The summed E-state index contributed by atoms with van der Waals surface area (Å²) in [7, 11) is 1.68. The fourth-order valence-electron chi connectivity index (χ4n) is 2.82. The third kappa shape index (κ3) is 4.05. The number of nitrogens with one attached hydrogen (secondary N) is 1. The molecule has 122 valence electrons. The number of hydrogen-bond donors (Lipinski definition) is 1. The highest BCUT2D eigenvalue weighted by Gasteiger charge is 2.25. The minimum atomic E-state index is 0.102. The van der Waals surface area contributed by atoms with E-state index in [1.54, 1.807) is 13.2 Å². The lowest BCUT2D eigenvalue weighted by Gasteiger charge is -2.32. The largest absolute Gasteiger partial charge is 0.497 e. The number of quaternary nitrogens is 1. The molecular formula is C17H20ClN2O2S+. The summed E-state index contributed by atoms with van der Waals surface area (Å²) in [4.78, 5) is 16.6. The maximum atomic E-state index is 12.4. The van der Waals surface area contributed by atoms with Gasteiger partial charge in [-0.1, -0.05) is 11.6 Å². The average molecular weight is 352 g/mol. The van der Waals surface area contributed by atoms with Crippen LogP contribution in [-0.4, -0.2) is 44.1 Å². The van der Waals surface area contributed by atoms with Gasteiger partial charge in [0, 0.05) is 5.56 Å². The van der Waals surface area contributed by atoms with Gasteiger partial charge in [-0.3, -0.25) is 4.79 Å². The molecule has 0 bridgehead atoms. The lowest BCUT2D eigenvalue weighted by molar-refractivity contribution is -0.917. The van der Waals surface area contributed by atoms with Crippen LogP contribution in [0.1, 0.15) is 15.2 Å². The fourth-order valence-corrected chi connectivity index (χ4v) is 3.83. The highest BCUT2D eigenvalue weighted by molar-refractivity contribution is 7.17. The van der Waals surface area contributed by atoms with Gasteiger partial charge in [-0.15, -0.1) is 11.3 Å². The van der Waals surface area contributed by atoms with Crippen LogP contribution in [0.3, 0.4) is 0 Å². The summed E-state index contributed by atoms with van der Waals surface area (Å²) in [6.45, 7) is 4.50. The number of nitrogens with zero attached hydrogens (tertiary/aromatic N) is 1. The molecule has 0 saturated carbocycles. The molecular weight excluding hydrogens is 332 g/mol. The maximum Gasteiger partial charge on any atom is 0.264 e. The van der Waals surface area contributed by atoms with Gasteiger partial charge in [0.2, 0.25) is 0 Å². The van der Waals surface area contributed by atoms with Gasteiger partial charge in [0.15, 0.2) is 0 Å². The van der Waals surface area contributed by atoms with Gasteiger partial charge in [0.25, 0.3) is 5.91 Å². The van der Waals surface area contributed by atoms with Crippen molar-refractivity contribution in [2.75, 3.05) is 33.3 Å². The molecule has 1 aliphatic heterocycles. The van der Waals surface area contributed by atoms with E-state index in [9.17, 15) is 4.79 Å². The number of ether oxygens (including phenoxy) is 1. The highest BCUT2D eigenvalue weighted by atomic mass is 35.5. The molecule has 6 heteroatoms. The summed E-state index contributed by atoms with van der Waals surface area (Å²) < 4.78 is 5.85. The van der Waals surface area contributed by atoms with Crippen molar-refractivity contribution >= 4 is 28.8 Å². The number of amides is 1. The van der Waals surface area contributed by atoms with Gasteiger partial charge >= 0.3 is 0 Å². The summed E-state index contributed by atoms with van der Waals surface area (Å²) in [6.07, 6.45) is 0. The molecule has 0 radical (unpaired) electrons. The topological polar surface area (TPSA) is 34.0 Å². The molecule has 0 atom stereocenters. The minimum absolute atomic E-state index is 0.102. The number of piperazine rings is 1. The van der Waals surface area contributed by atoms with Crippen LogP contribution in [0.2, 0.25) is 4.34 Å². The lowest BCUT2D eigenvalue weighted by Crippen LogP contribution is -3.13. The van der Waals surface area contributed by atoms with E-state index in [-0.39, 0.29) is 5.91 Å². The predicted octanol–water partition coefficient (Wildman–Crippen LogP) is 1.95. The first-order chi connectivity index (χ1) is 11.2. The van der Waals surface area contributed by atoms with Crippen LogP contribution < -0.4 is 9.64 Å². The Morgan fingerprint density at radius 3 is 2.48 bits per heavy atom. The SMILES string of the molecule is COc1ccc(C[NH+]2CCN(C(=O)c3ccc(Cl)s3)CC2)cc1. The summed E-state index contributed by atoms with van der Waals surface area (Å²) >= 11 is 7.27. The lowest BCUT2D eigenvalue weighted by atomic mass is 10.2. The number of benzene rings is 1. The van der Waals surface area contributed by atoms with Crippen LogP contribution in [0.4, 0.5) is 0 Å². The van der Waals surface area contributed by atoms with Crippen molar-refractivity contribution < 1.29 is 14.4 Å². The quantitative estimate of drug-likeness (QED) is 0.913. The van der Waals surface area contributed by atoms with Crippen LogP contribution >= 0.6 is 22.9 Å². The Bertz CT molecular complexity index is 663. The van der Waals surface area contributed by atoms with Gasteiger partial charge in [-0.05, 0) is 36.4 Å². The molecule has 2 aromatic rings. The van der Waals surface area contributed by atoms with Gasteiger partial charge < -0.3 is 14.5 Å². The minimum Gasteiger partial charge on any atom is -0.497 e. The second-order valence-corrected chi connectivity index (χ2v) is 7.39. The number of hydrogen-bond acceptors (Lipinski definition) is 3. The fraction of sp³-hybridized carbons (Fsp3) is 0.353. The molecule has 1 aromatic heterocycles. The van der Waals surface area contributed by atoms with Crippen LogP contribution in [0, 0.1) is 0 Å². The molecule has 1 amide bonds. The van der Waals surface area contributed by atoms with Crippen molar-refractivity contribution in [3.63, 3.8) is 0 Å². The first kappa shape index (κ1) is 16.3. The van der Waals surface area contributed by atoms with E-state index in [0.29, 0.717) is 4.34 Å². The Morgan fingerprint density at radius 1 is 1.22 bits per heavy atom. The molecule has 0 aliphatic carbocycles. The van der Waals surface area contributed by atoms with Crippen molar-refractivity contribution in [1.82, 2.24) is 4.90 Å². The van der Waals surface area contributed by atoms with Gasteiger partial charge in [0.1, 0.15) is 12.3 Å². The Morgan fingerprint density at radius 2 is 1.91 bits per heavy atom. The zero-order valence-electron chi connectivity index (χ0n) is 13.0. The van der Waals surface area contributed by atoms with Crippen LogP contribution in [0.15, 0.2) is 36.4 Å². The zero-order chi connectivity index (χ0) is 16.2. The zero-order valence-corrected chi connectivity index (χ0v) is 14.6. The smallest absolute Gasteiger partial charge is 0.264 e. The predicted molar refractivity (Wildman–Crippen MR) is 92.6 cm³/mol. The molecule has 1 saturated heterocycles. The molecule has 1 aliphatic rings. The third-order valence-electron chi connectivity index (χ3n) is 4.15. The van der Waals surface area contributed by atoms with Gasteiger partial charge in [-0.25, -0.2) is 0 Å². The molecule has 1 aromatic carbocycles. The van der Waals surface area contributed by atoms with Gasteiger partial charge in [0.05, 0.1) is 42.5 Å².